The molecule has 1 unspecified atom stereocenters. The molecule has 134 valence electrons. The van der Waals surface area contributed by atoms with Gasteiger partial charge in [-0.15, -0.1) is 11.3 Å². The van der Waals surface area contributed by atoms with Crippen LogP contribution in [0.15, 0.2) is 53.9 Å². The van der Waals surface area contributed by atoms with Crippen LogP contribution in [0.25, 0.3) is 10.6 Å². The monoisotopic (exact) mass is 406 g/mol. The maximum Gasteiger partial charge on any atom is 0.279 e. The number of para-hydroxylation sites is 1. The number of anilines is 1. The molecule has 0 aliphatic heterocycles. The van der Waals surface area contributed by atoms with Gasteiger partial charge in [-0.2, -0.15) is 0 Å². The third-order valence-corrected chi connectivity index (χ3v) is 5.26. The number of nitrogens with zero attached hydrogens (tertiary/aromatic N) is 1. The second kappa shape index (κ2) is 8.64. The Kier molecular flexibility index (Phi) is 6.27. The van der Waals surface area contributed by atoms with Crippen molar-refractivity contribution < 1.29 is 9.69 Å². The van der Waals surface area contributed by atoms with Crippen LogP contribution in [0, 0.1) is 0 Å². The highest BCUT2D eigenvalue weighted by Gasteiger charge is 2.14. The summed E-state index contributed by atoms with van der Waals surface area (Å²) in [5.74, 6) is -0.0799. The van der Waals surface area contributed by atoms with Crippen molar-refractivity contribution in [2.24, 2.45) is 0 Å². The Balaban J connectivity index is 1.56. The number of benzene rings is 2. The van der Waals surface area contributed by atoms with Crippen LogP contribution in [0.4, 0.5) is 5.69 Å². The lowest BCUT2D eigenvalue weighted by Crippen LogP contribution is -3.08. The van der Waals surface area contributed by atoms with Gasteiger partial charge in [-0.1, -0.05) is 47.5 Å². The highest BCUT2D eigenvalue weighted by molar-refractivity contribution is 7.13. The second-order valence-corrected chi connectivity index (χ2v) is 7.69. The van der Waals surface area contributed by atoms with Crippen LogP contribution in [0.5, 0.6) is 0 Å². The standard InChI is InChI=1S/C19H17Cl2N3OS/c1-24(11-18(25)23-17-5-3-2-4-16(17)21)10-15-12-26-19(22-15)13-6-8-14(20)9-7-13/h2-9,12H,10-11H2,1H3,(H,23,25)/p+1. The van der Waals surface area contributed by atoms with Gasteiger partial charge in [0.1, 0.15) is 17.2 Å². The molecule has 26 heavy (non-hydrogen) atoms. The molecule has 2 aromatic carbocycles. The molecular formula is C19H18Cl2N3OS+. The summed E-state index contributed by atoms with van der Waals surface area (Å²) in [4.78, 5) is 17.9. The van der Waals surface area contributed by atoms with Gasteiger partial charge in [0.2, 0.25) is 0 Å². The first-order chi connectivity index (χ1) is 12.5. The molecular weight excluding hydrogens is 389 g/mol. The molecule has 3 aromatic rings. The van der Waals surface area contributed by atoms with E-state index >= 15 is 0 Å². The van der Waals surface area contributed by atoms with Crippen molar-refractivity contribution in [1.29, 1.82) is 0 Å². The molecule has 0 saturated carbocycles. The minimum atomic E-state index is -0.0799. The highest BCUT2D eigenvalue weighted by atomic mass is 35.5. The Morgan fingerprint density at radius 1 is 1.15 bits per heavy atom. The fourth-order valence-corrected chi connectivity index (χ4v) is 3.65. The molecule has 3 rings (SSSR count). The Hall–Kier alpha value is -1.92. The minimum absolute atomic E-state index is 0.0799. The Labute approximate surface area is 166 Å². The molecule has 0 radical (unpaired) electrons. The predicted molar refractivity (Wildman–Crippen MR) is 108 cm³/mol. The van der Waals surface area contributed by atoms with Crippen molar-refractivity contribution in [3.05, 3.63) is 69.7 Å². The van der Waals surface area contributed by atoms with Gasteiger partial charge in [0.25, 0.3) is 5.91 Å². The number of aromatic nitrogens is 1. The van der Waals surface area contributed by atoms with Gasteiger partial charge in [0.05, 0.1) is 17.8 Å². The molecule has 1 heterocycles. The maximum absolute atomic E-state index is 12.2. The molecule has 4 nitrogen and oxygen atoms in total. The zero-order valence-corrected chi connectivity index (χ0v) is 16.5. The molecule has 0 aliphatic carbocycles. The number of likely N-dealkylation sites (N-methyl/N-ethyl adjacent to an activating group) is 1. The number of hydrogen-bond acceptors (Lipinski definition) is 3. The summed E-state index contributed by atoms with van der Waals surface area (Å²) in [6.07, 6.45) is 0. The number of carbonyl (C=O) groups excluding carboxylic acids is 1. The van der Waals surface area contributed by atoms with Crippen LogP contribution in [0.3, 0.4) is 0 Å². The van der Waals surface area contributed by atoms with Crippen molar-refractivity contribution in [2.45, 2.75) is 6.54 Å². The smallest absolute Gasteiger partial charge is 0.279 e. The van der Waals surface area contributed by atoms with E-state index in [1.807, 2.05) is 48.8 Å². The molecule has 0 fully saturated rings. The molecule has 0 bridgehead atoms. The molecule has 0 spiro atoms. The Bertz CT molecular complexity index is 896. The summed E-state index contributed by atoms with van der Waals surface area (Å²) in [5.41, 5.74) is 2.63. The molecule has 0 aliphatic rings. The van der Waals surface area contributed by atoms with Gasteiger partial charge < -0.3 is 10.2 Å². The number of thiazole rings is 1. The highest BCUT2D eigenvalue weighted by Crippen LogP contribution is 2.25. The van der Waals surface area contributed by atoms with Crippen molar-refractivity contribution in [1.82, 2.24) is 4.98 Å². The lowest BCUT2D eigenvalue weighted by atomic mass is 10.2. The van der Waals surface area contributed by atoms with Crippen molar-refractivity contribution in [3.8, 4) is 10.6 Å². The third-order valence-electron chi connectivity index (χ3n) is 3.74. The zero-order chi connectivity index (χ0) is 18.5. The number of amides is 1. The molecule has 7 heteroatoms. The molecule has 1 amide bonds. The predicted octanol–water partition coefficient (Wildman–Crippen LogP) is 3.77. The van der Waals surface area contributed by atoms with E-state index in [1.165, 1.54) is 0 Å². The summed E-state index contributed by atoms with van der Waals surface area (Å²) < 4.78 is 0. The van der Waals surface area contributed by atoms with Crippen LogP contribution in [0.1, 0.15) is 5.69 Å². The molecule has 1 atom stereocenters. The topological polar surface area (TPSA) is 46.4 Å². The lowest BCUT2D eigenvalue weighted by Gasteiger charge is -2.13. The Morgan fingerprint density at radius 3 is 2.62 bits per heavy atom. The number of halogens is 2. The first kappa shape index (κ1) is 18.9. The van der Waals surface area contributed by atoms with Gasteiger partial charge >= 0.3 is 0 Å². The number of nitrogens with one attached hydrogen (secondary N) is 2. The average Bonchev–Trinajstić information content (AvgIpc) is 3.05. The van der Waals surface area contributed by atoms with Crippen molar-refractivity contribution >= 4 is 46.1 Å². The van der Waals surface area contributed by atoms with Crippen LogP contribution in [-0.2, 0) is 11.3 Å². The summed E-state index contributed by atoms with van der Waals surface area (Å²) in [7, 11) is 1.97. The van der Waals surface area contributed by atoms with Gasteiger partial charge in [-0.25, -0.2) is 4.98 Å². The van der Waals surface area contributed by atoms with Gasteiger partial charge in [-0.3, -0.25) is 4.79 Å². The Morgan fingerprint density at radius 2 is 1.88 bits per heavy atom. The van der Waals surface area contributed by atoms with Crippen LogP contribution < -0.4 is 10.2 Å². The van der Waals surface area contributed by atoms with Crippen LogP contribution in [0.2, 0.25) is 10.0 Å². The van der Waals surface area contributed by atoms with Crippen molar-refractivity contribution in [3.63, 3.8) is 0 Å². The minimum Gasteiger partial charge on any atom is -0.325 e. The summed E-state index contributed by atoms with van der Waals surface area (Å²) in [5, 5.41) is 7.06. The number of quaternary nitrogens is 1. The van der Waals surface area contributed by atoms with Gasteiger partial charge in [-0.05, 0) is 24.3 Å². The normalized spacial score (nSPS) is 12.0. The molecule has 1 aromatic heterocycles. The van der Waals surface area contributed by atoms with E-state index in [9.17, 15) is 4.79 Å². The molecule has 0 saturated heterocycles. The van der Waals surface area contributed by atoms with Crippen LogP contribution >= 0.6 is 34.5 Å². The largest absolute Gasteiger partial charge is 0.325 e. The summed E-state index contributed by atoms with van der Waals surface area (Å²) in [6, 6.07) is 14.8. The van der Waals surface area contributed by atoms with E-state index in [2.05, 4.69) is 10.3 Å². The number of hydrogen-bond donors (Lipinski definition) is 2. The number of rotatable bonds is 6. The van der Waals surface area contributed by atoms with E-state index in [0.717, 1.165) is 21.2 Å². The SMILES string of the molecule is C[NH+](CC(=O)Nc1ccccc1Cl)Cc1csc(-c2ccc(Cl)cc2)n1. The van der Waals surface area contributed by atoms with Gasteiger partial charge in [0, 0.05) is 16.0 Å². The summed E-state index contributed by atoms with van der Waals surface area (Å²) in [6.45, 7) is 0.999. The van der Waals surface area contributed by atoms with Crippen LogP contribution in [-0.4, -0.2) is 24.5 Å². The quantitative estimate of drug-likeness (QED) is 0.654. The maximum atomic E-state index is 12.2. The average molecular weight is 407 g/mol. The van der Waals surface area contributed by atoms with E-state index in [4.69, 9.17) is 23.2 Å². The van der Waals surface area contributed by atoms with E-state index < -0.39 is 0 Å². The fraction of sp³-hybridized carbons (Fsp3) is 0.158. The second-order valence-electron chi connectivity index (χ2n) is 5.99. The zero-order valence-electron chi connectivity index (χ0n) is 14.1. The van der Waals surface area contributed by atoms with E-state index in [-0.39, 0.29) is 5.91 Å². The first-order valence-electron chi connectivity index (χ1n) is 8.07. The van der Waals surface area contributed by atoms with E-state index in [0.29, 0.717) is 28.8 Å². The first-order valence-corrected chi connectivity index (χ1v) is 9.71. The molecule has 2 N–H and O–H groups in total. The summed E-state index contributed by atoms with van der Waals surface area (Å²) >= 11 is 13.6. The fourth-order valence-electron chi connectivity index (χ4n) is 2.52. The lowest BCUT2D eigenvalue weighted by molar-refractivity contribution is -0.885. The third kappa shape index (κ3) is 5.05. The van der Waals surface area contributed by atoms with Crippen molar-refractivity contribution in [2.75, 3.05) is 18.9 Å². The van der Waals surface area contributed by atoms with E-state index in [1.54, 1.807) is 23.5 Å². The van der Waals surface area contributed by atoms with Gasteiger partial charge in [0.15, 0.2) is 6.54 Å². The number of carbonyl (C=O) groups is 1.